The number of pyridine rings is 1. The molecule has 192 valence electrons. The Morgan fingerprint density at radius 2 is 2.11 bits per heavy atom. The van der Waals surface area contributed by atoms with Gasteiger partial charge in [-0.15, -0.1) is 11.3 Å². The highest BCUT2D eigenvalue weighted by Gasteiger charge is 2.24. The van der Waals surface area contributed by atoms with Gasteiger partial charge in [0, 0.05) is 55.4 Å². The van der Waals surface area contributed by atoms with Gasteiger partial charge in [0.25, 0.3) is 5.91 Å². The first-order valence-corrected chi connectivity index (χ1v) is 13.3. The topological polar surface area (TPSA) is 102 Å². The van der Waals surface area contributed by atoms with E-state index in [1.807, 2.05) is 47.7 Å². The van der Waals surface area contributed by atoms with Gasteiger partial charge in [-0.2, -0.15) is 0 Å². The zero-order chi connectivity index (χ0) is 26.1. The van der Waals surface area contributed by atoms with Crippen molar-refractivity contribution in [2.24, 2.45) is 5.73 Å². The second-order valence-corrected chi connectivity index (χ2v) is 10.7. The van der Waals surface area contributed by atoms with Crippen LogP contribution >= 0.6 is 22.9 Å². The number of hydrogen-bond acceptors (Lipinski definition) is 6. The number of nitrogens with one attached hydrogen (secondary N) is 1. The normalized spacial score (nSPS) is 16.7. The molecule has 5 rings (SSSR count). The van der Waals surface area contributed by atoms with E-state index in [0.29, 0.717) is 15.6 Å². The van der Waals surface area contributed by atoms with E-state index in [4.69, 9.17) is 22.1 Å². The molecule has 1 saturated heterocycles. The van der Waals surface area contributed by atoms with E-state index in [1.54, 1.807) is 13.1 Å². The fourth-order valence-electron chi connectivity index (χ4n) is 4.76. The van der Waals surface area contributed by atoms with Crippen molar-refractivity contribution in [2.75, 3.05) is 13.1 Å². The number of rotatable bonds is 8. The molecule has 1 aliphatic rings. The summed E-state index contributed by atoms with van der Waals surface area (Å²) in [5, 5.41) is 3.60. The van der Waals surface area contributed by atoms with E-state index in [2.05, 4.69) is 27.5 Å². The highest BCUT2D eigenvalue weighted by Crippen LogP contribution is 2.39. The lowest BCUT2D eigenvalue weighted by Crippen LogP contribution is -2.35. The Morgan fingerprint density at radius 1 is 1.30 bits per heavy atom. The van der Waals surface area contributed by atoms with Crippen molar-refractivity contribution in [3.8, 4) is 16.3 Å². The lowest BCUT2D eigenvalue weighted by atomic mass is 10.1. The maximum atomic E-state index is 12.3. The Labute approximate surface area is 224 Å². The average Bonchev–Trinajstić information content (AvgIpc) is 3.57. The SMILES string of the molecule is CC(=O)N[C@@H]1CCN(Cc2ccc3ncc(-c4cc(O[C@H](C)c5ccccc5Cl)c(C(N)=O)s4)n3c2)C1. The predicted octanol–water partition coefficient (Wildman–Crippen LogP) is 4.67. The van der Waals surface area contributed by atoms with Gasteiger partial charge in [-0.05, 0) is 31.0 Å². The van der Waals surface area contributed by atoms with Crippen LogP contribution in [0.5, 0.6) is 5.75 Å². The van der Waals surface area contributed by atoms with E-state index in [1.165, 1.54) is 11.3 Å². The number of hydrogen-bond donors (Lipinski definition) is 2. The lowest BCUT2D eigenvalue weighted by Gasteiger charge is -2.16. The van der Waals surface area contributed by atoms with Crippen molar-refractivity contribution in [3.05, 3.63) is 75.9 Å². The Bertz CT molecular complexity index is 1470. The van der Waals surface area contributed by atoms with Crippen molar-refractivity contribution < 1.29 is 14.3 Å². The van der Waals surface area contributed by atoms with Crippen LogP contribution in [0, 0.1) is 0 Å². The first-order chi connectivity index (χ1) is 17.8. The summed E-state index contributed by atoms with van der Waals surface area (Å²) in [5.41, 5.74) is 9.32. The van der Waals surface area contributed by atoms with E-state index in [-0.39, 0.29) is 18.1 Å². The monoisotopic (exact) mass is 537 g/mol. The second kappa shape index (κ2) is 10.5. The third kappa shape index (κ3) is 5.49. The standard InChI is InChI=1S/C27H28ClN5O3S/c1-16(20-5-3-4-6-21(20)28)36-23-11-24(37-26(23)27(29)35)22-12-30-25-8-7-18(14-33(22)25)13-32-10-9-19(15-32)31-17(2)34/h3-8,11-12,14,16,19H,9-10,13,15H2,1-2H3,(H2,29,35)(H,31,34)/t16-,19-/m1/s1. The smallest absolute Gasteiger partial charge is 0.262 e. The molecule has 4 heterocycles. The molecule has 0 bridgehead atoms. The molecule has 0 radical (unpaired) electrons. The number of amides is 2. The van der Waals surface area contributed by atoms with Crippen molar-refractivity contribution >= 4 is 40.4 Å². The molecule has 8 nitrogen and oxygen atoms in total. The van der Waals surface area contributed by atoms with E-state index >= 15 is 0 Å². The average molecular weight is 538 g/mol. The van der Waals surface area contributed by atoms with Gasteiger partial charge in [-0.1, -0.05) is 35.9 Å². The van der Waals surface area contributed by atoms with E-state index in [0.717, 1.165) is 53.4 Å². The molecular weight excluding hydrogens is 510 g/mol. The van der Waals surface area contributed by atoms with Gasteiger partial charge in [0.2, 0.25) is 5.91 Å². The van der Waals surface area contributed by atoms with Gasteiger partial charge in [0.05, 0.1) is 16.8 Å². The Kier molecular flexibility index (Phi) is 7.19. The molecule has 10 heteroatoms. The lowest BCUT2D eigenvalue weighted by molar-refractivity contribution is -0.119. The first kappa shape index (κ1) is 25.3. The van der Waals surface area contributed by atoms with Crippen LogP contribution in [-0.4, -0.2) is 45.2 Å². The molecule has 3 aromatic heterocycles. The number of aromatic nitrogens is 2. The summed E-state index contributed by atoms with van der Waals surface area (Å²) in [7, 11) is 0. The number of carbonyl (C=O) groups is 2. The molecule has 2 atom stereocenters. The first-order valence-electron chi connectivity index (χ1n) is 12.1. The molecule has 1 aromatic carbocycles. The molecule has 4 aromatic rings. The number of fused-ring (bicyclic) bond motifs is 1. The third-order valence-corrected chi connectivity index (χ3v) is 7.97. The largest absolute Gasteiger partial charge is 0.484 e. The van der Waals surface area contributed by atoms with Gasteiger partial charge in [0.15, 0.2) is 0 Å². The summed E-state index contributed by atoms with van der Waals surface area (Å²) < 4.78 is 8.20. The van der Waals surface area contributed by atoms with Crippen LogP contribution in [0.3, 0.4) is 0 Å². The highest BCUT2D eigenvalue weighted by molar-refractivity contribution is 7.17. The number of likely N-dealkylation sites (tertiary alicyclic amines) is 1. The Hall–Kier alpha value is -3.40. The summed E-state index contributed by atoms with van der Waals surface area (Å²) in [6.45, 7) is 5.96. The van der Waals surface area contributed by atoms with Crippen molar-refractivity contribution in [3.63, 3.8) is 0 Å². The van der Waals surface area contributed by atoms with Gasteiger partial charge in [-0.3, -0.25) is 18.9 Å². The number of nitrogens with zero attached hydrogens (tertiary/aromatic N) is 3. The fraction of sp³-hybridized carbons (Fsp3) is 0.296. The number of ether oxygens (including phenoxy) is 1. The molecule has 0 aliphatic carbocycles. The van der Waals surface area contributed by atoms with Crippen LogP contribution in [0.1, 0.15) is 47.2 Å². The summed E-state index contributed by atoms with van der Waals surface area (Å²) in [6.07, 6.45) is 4.43. The molecular formula is C27H28ClN5O3S. The molecule has 0 spiro atoms. The Morgan fingerprint density at radius 3 is 2.86 bits per heavy atom. The second-order valence-electron chi connectivity index (χ2n) is 9.28. The van der Waals surface area contributed by atoms with Crippen molar-refractivity contribution in [2.45, 2.75) is 39.0 Å². The number of benzene rings is 1. The number of thiophene rings is 1. The van der Waals surface area contributed by atoms with E-state index in [9.17, 15) is 9.59 Å². The summed E-state index contributed by atoms with van der Waals surface area (Å²) in [4.78, 5) is 31.7. The van der Waals surface area contributed by atoms with Gasteiger partial charge in [0.1, 0.15) is 22.4 Å². The predicted molar refractivity (Wildman–Crippen MR) is 145 cm³/mol. The summed E-state index contributed by atoms with van der Waals surface area (Å²) in [5.74, 6) is -0.116. The van der Waals surface area contributed by atoms with Crippen LogP contribution < -0.4 is 15.8 Å². The van der Waals surface area contributed by atoms with Gasteiger partial charge in [-0.25, -0.2) is 4.98 Å². The number of primary amides is 1. The summed E-state index contributed by atoms with van der Waals surface area (Å²) >= 11 is 7.62. The van der Waals surface area contributed by atoms with Gasteiger partial charge < -0.3 is 15.8 Å². The molecule has 2 amide bonds. The number of carbonyl (C=O) groups excluding carboxylic acids is 2. The maximum absolute atomic E-state index is 12.3. The van der Waals surface area contributed by atoms with Crippen LogP contribution in [0.2, 0.25) is 5.02 Å². The quantitative estimate of drug-likeness (QED) is 0.340. The highest BCUT2D eigenvalue weighted by atomic mass is 35.5. The number of nitrogens with two attached hydrogens (primary N) is 1. The van der Waals surface area contributed by atoms with Crippen molar-refractivity contribution in [1.29, 1.82) is 0 Å². The van der Waals surface area contributed by atoms with Crippen LogP contribution in [0.4, 0.5) is 0 Å². The molecule has 1 aliphatic heterocycles. The molecule has 37 heavy (non-hydrogen) atoms. The summed E-state index contributed by atoms with van der Waals surface area (Å²) in [6, 6.07) is 13.5. The molecule has 1 fully saturated rings. The van der Waals surface area contributed by atoms with E-state index < -0.39 is 5.91 Å². The molecule has 0 unspecified atom stereocenters. The number of halogens is 1. The van der Waals surface area contributed by atoms with Crippen molar-refractivity contribution in [1.82, 2.24) is 19.6 Å². The zero-order valence-corrected chi connectivity index (χ0v) is 22.2. The third-order valence-electron chi connectivity index (χ3n) is 6.47. The van der Waals surface area contributed by atoms with Gasteiger partial charge >= 0.3 is 0 Å². The zero-order valence-electron chi connectivity index (χ0n) is 20.6. The minimum atomic E-state index is -0.546. The Balaban J connectivity index is 1.40. The minimum absolute atomic E-state index is 0.00668. The maximum Gasteiger partial charge on any atom is 0.262 e. The number of imidazole rings is 1. The van der Waals surface area contributed by atoms with Crippen LogP contribution in [0.15, 0.2) is 54.9 Å². The molecule has 0 saturated carbocycles. The van der Waals surface area contributed by atoms with Crippen LogP contribution in [0.25, 0.3) is 16.2 Å². The fourth-order valence-corrected chi connectivity index (χ4v) is 6.00. The van der Waals surface area contributed by atoms with Crippen LogP contribution in [-0.2, 0) is 11.3 Å². The molecule has 3 N–H and O–H groups in total. The minimum Gasteiger partial charge on any atom is -0.484 e.